The summed E-state index contributed by atoms with van der Waals surface area (Å²) in [5.74, 6) is 0.527. The van der Waals surface area contributed by atoms with Crippen LogP contribution < -0.4 is 9.04 Å². The number of anilines is 1. The zero-order valence-electron chi connectivity index (χ0n) is 10.7. The third-order valence-electron chi connectivity index (χ3n) is 2.64. The molecular weight excluding hydrogens is 266 g/mol. The minimum absolute atomic E-state index is 0.112. The minimum atomic E-state index is -3.63. The van der Waals surface area contributed by atoms with Crippen molar-refractivity contribution in [3.05, 3.63) is 36.7 Å². The number of para-hydroxylation sites is 2. The molecule has 0 aliphatic heterocycles. The van der Waals surface area contributed by atoms with Gasteiger partial charge in [-0.2, -0.15) is 5.10 Å². The van der Waals surface area contributed by atoms with E-state index in [0.29, 0.717) is 18.0 Å². The van der Waals surface area contributed by atoms with E-state index in [1.54, 1.807) is 24.3 Å². The Bertz CT molecular complexity index is 638. The van der Waals surface area contributed by atoms with Crippen LogP contribution in [0, 0.1) is 0 Å². The van der Waals surface area contributed by atoms with Crippen molar-refractivity contribution in [3.63, 3.8) is 0 Å². The molecule has 0 amide bonds. The summed E-state index contributed by atoms with van der Waals surface area (Å²) in [5, 5.41) is 6.16. The second-order valence-corrected chi connectivity index (χ2v) is 5.78. The zero-order chi connectivity index (χ0) is 13.9. The van der Waals surface area contributed by atoms with E-state index in [9.17, 15) is 8.42 Å². The molecule has 0 aliphatic carbocycles. The van der Waals surface area contributed by atoms with Gasteiger partial charge < -0.3 is 4.74 Å². The predicted molar refractivity (Wildman–Crippen MR) is 71.8 cm³/mol. The summed E-state index contributed by atoms with van der Waals surface area (Å²) in [7, 11) is -2.14. The lowest BCUT2D eigenvalue weighted by Gasteiger charge is -2.21. The van der Waals surface area contributed by atoms with Crippen LogP contribution in [0.2, 0.25) is 0 Å². The number of hydrogen-bond donors (Lipinski definition) is 1. The summed E-state index contributed by atoms with van der Waals surface area (Å²) in [6.07, 6.45) is 2.62. The molecule has 0 saturated carbocycles. The van der Waals surface area contributed by atoms with Gasteiger partial charge in [-0.05, 0) is 19.1 Å². The summed E-state index contributed by atoms with van der Waals surface area (Å²) in [5.41, 5.74) is 0.491. The molecule has 0 fully saturated rings. The van der Waals surface area contributed by atoms with E-state index in [2.05, 4.69) is 10.2 Å². The third-order valence-corrected chi connectivity index (χ3v) is 4.37. The molecule has 2 aromatic rings. The number of ether oxygens (including phenoxy) is 1. The predicted octanol–water partition coefficient (Wildman–Crippen LogP) is 1.63. The van der Waals surface area contributed by atoms with Crippen LogP contribution in [0.3, 0.4) is 0 Å². The molecule has 102 valence electrons. The highest BCUT2D eigenvalue weighted by molar-refractivity contribution is 7.92. The molecule has 6 nitrogen and oxygen atoms in total. The van der Waals surface area contributed by atoms with Gasteiger partial charge in [-0.1, -0.05) is 12.1 Å². The molecule has 0 unspecified atom stereocenters. The summed E-state index contributed by atoms with van der Waals surface area (Å²) in [6.45, 7) is 2.32. The van der Waals surface area contributed by atoms with Crippen molar-refractivity contribution in [1.82, 2.24) is 10.2 Å². The molecule has 1 N–H and O–H groups in total. The van der Waals surface area contributed by atoms with Gasteiger partial charge >= 0.3 is 0 Å². The van der Waals surface area contributed by atoms with Gasteiger partial charge in [0.1, 0.15) is 10.6 Å². The smallest absolute Gasteiger partial charge is 0.267 e. The van der Waals surface area contributed by atoms with E-state index < -0.39 is 10.0 Å². The third kappa shape index (κ3) is 2.55. The summed E-state index contributed by atoms with van der Waals surface area (Å²) < 4.78 is 31.3. The molecule has 2 rings (SSSR count). The molecule has 1 aromatic heterocycles. The highest BCUT2D eigenvalue weighted by atomic mass is 32.2. The maximum absolute atomic E-state index is 12.4. The van der Waals surface area contributed by atoms with Gasteiger partial charge in [-0.25, -0.2) is 8.42 Å². The molecule has 0 bridgehead atoms. The molecule has 1 heterocycles. The van der Waals surface area contributed by atoms with Crippen molar-refractivity contribution < 1.29 is 13.2 Å². The van der Waals surface area contributed by atoms with Crippen molar-refractivity contribution in [2.75, 3.05) is 18.0 Å². The van der Waals surface area contributed by atoms with Gasteiger partial charge in [0.05, 0.1) is 18.5 Å². The number of nitrogens with one attached hydrogen (secondary N) is 1. The van der Waals surface area contributed by atoms with Crippen LogP contribution in [0.4, 0.5) is 5.69 Å². The fraction of sp³-hybridized carbons (Fsp3) is 0.250. The van der Waals surface area contributed by atoms with Gasteiger partial charge in [0.2, 0.25) is 0 Å². The topological polar surface area (TPSA) is 75.3 Å². The first-order chi connectivity index (χ1) is 9.07. The van der Waals surface area contributed by atoms with Crippen LogP contribution in [0.15, 0.2) is 41.6 Å². The lowest BCUT2D eigenvalue weighted by Crippen LogP contribution is -2.26. The minimum Gasteiger partial charge on any atom is -0.492 e. The van der Waals surface area contributed by atoms with E-state index in [4.69, 9.17) is 4.74 Å². The van der Waals surface area contributed by atoms with Gasteiger partial charge in [0.25, 0.3) is 10.0 Å². The van der Waals surface area contributed by atoms with Gasteiger partial charge in [0.15, 0.2) is 0 Å². The quantitative estimate of drug-likeness (QED) is 0.904. The Kier molecular flexibility index (Phi) is 3.75. The second-order valence-electron chi connectivity index (χ2n) is 3.81. The lowest BCUT2D eigenvalue weighted by molar-refractivity contribution is 0.341. The number of aromatic nitrogens is 2. The molecule has 19 heavy (non-hydrogen) atoms. The molecule has 0 aliphatic rings. The number of benzene rings is 1. The van der Waals surface area contributed by atoms with E-state index >= 15 is 0 Å². The van der Waals surface area contributed by atoms with Crippen LogP contribution in [-0.4, -0.2) is 32.3 Å². The van der Waals surface area contributed by atoms with E-state index in [0.717, 1.165) is 0 Å². The summed E-state index contributed by atoms with van der Waals surface area (Å²) >= 11 is 0. The standard InChI is InChI=1S/C12H15N3O3S/c1-3-18-12-7-5-4-6-11(12)15(2)19(16,17)10-8-13-14-9-10/h4-9H,3H2,1-2H3,(H,13,14). The van der Waals surface area contributed by atoms with Crippen LogP contribution in [0.25, 0.3) is 0 Å². The van der Waals surface area contributed by atoms with Crippen LogP contribution in [0.5, 0.6) is 5.75 Å². The van der Waals surface area contributed by atoms with E-state index in [1.165, 1.54) is 23.7 Å². The number of hydrogen-bond acceptors (Lipinski definition) is 4. The van der Waals surface area contributed by atoms with Crippen LogP contribution in [-0.2, 0) is 10.0 Å². The average Bonchev–Trinajstić information content (AvgIpc) is 2.93. The lowest BCUT2D eigenvalue weighted by atomic mass is 10.3. The van der Waals surface area contributed by atoms with Crippen molar-refractivity contribution >= 4 is 15.7 Å². The van der Waals surface area contributed by atoms with Crippen LogP contribution in [0.1, 0.15) is 6.92 Å². The maximum Gasteiger partial charge on any atom is 0.267 e. The first-order valence-electron chi connectivity index (χ1n) is 5.77. The highest BCUT2D eigenvalue weighted by Gasteiger charge is 2.24. The Morgan fingerprint density at radius 1 is 1.37 bits per heavy atom. The Hall–Kier alpha value is -2.02. The van der Waals surface area contributed by atoms with Crippen molar-refractivity contribution in [2.45, 2.75) is 11.8 Å². The van der Waals surface area contributed by atoms with E-state index in [1.807, 2.05) is 6.92 Å². The summed E-state index contributed by atoms with van der Waals surface area (Å²) in [6, 6.07) is 6.99. The first-order valence-corrected chi connectivity index (χ1v) is 7.21. The SMILES string of the molecule is CCOc1ccccc1N(C)S(=O)(=O)c1cn[nH]c1. The Morgan fingerprint density at radius 3 is 2.74 bits per heavy atom. The number of H-pyrrole nitrogens is 1. The number of sulfonamides is 1. The molecule has 7 heteroatoms. The average molecular weight is 281 g/mol. The number of aromatic amines is 1. The number of rotatable bonds is 5. The van der Waals surface area contributed by atoms with Gasteiger partial charge in [0, 0.05) is 13.2 Å². The fourth-order valence-corrected chi connectivity index (χ4v) is 2.78. The maximum atomic E-state index is 12.4. The molecule has 0 spiro atoms. The molecular formula is C12H15N3O3S. The zero-order valence-corrected chi connectivity index (χ0v) is 11.5. The fourth-order valence-electron chi connectivity index (χ4n) is 1.66. The molecule has 0 atom stereocenters. The number of nitrogens with zero attached hydrogens (tertiary/aromatic N) is 2. The van der Waals surface area contributed by atoms with Crippen molar-refractivity contribution in [1.29, 1.82) is 0 Å². The molecule has 0 saturated heterocycles. The van der Waals surface area contributed by atoms with Crippen molar-refractivity contribution in [3.8, 4) is 5.75 Å². The van der Waals surface area contributed by atoms with Crippen molar-refractivity contribution in [2.24, 2.45) is 0 Å². The highest BCUT2D eigenvalue weighted by Crippen LogP contribution is 2.30. The Morgan fingerprint density at radius 2 is 2.11 bits per heavy atom. The second kappa shape index (κ2) is 5.31. The molecule has 1 aromatic carbocycles. The first kappa shape index (κ1) is 13.4. The Labute approximate surface area is 112 Å². The largest absolute Gasteiger partial charge is 0.492 e. The normalized spacial score (nSPS) is 11.3. The van der Waals surface area contributed by atoms with Crippen LogP contribution >= 0.6 is 0 Å². The van der Waals surface area contributed by atoms with E-state index in [-0.39, 0.29) is 4.90 Å². The molecule has 0 radical (unpaired) electrons. The van der Waals surface area contributed by atoms with Gasteiger partial charge in [-0.3, -0.25) is 9.40 Å². The Balaban J connectivity index is 2.42. The summed E-state index contributed by atoms with van der Waals surface area (Å²) in [4.78, 5) is 0.112. The monoisotopic (exact) mass is 281 g/mol. The van der Waals surface area contributed by atoms with Gasteiger partial charge in [-0.15, -0.1) is 0 Å².